The predicted octanol–water partition coefficient (Wildman–Crippen LogP) is 0.879. The van der Waals surface area contributed by atoms with Crippen molar-refractivity contribution in [3.8, 4) is 0 Å². The highest BCUT2D eigenvalue weighted by molar-refractivity contribution is 5.79. The fourth-order valence-corrected chi connectivity index (χ4v) is 1.64. The standard InChI is InChI=1S/C9H12N2O2/c10-7(6-1-4-11-5-6)9(2-3-9)8(12)13/h1,4-5,7,11H,2-3,10H2,(H,12,13). The lowest BCUT2D eigenvalue weighted by molar-refractivity contribution is -0.144. The third kappa shape index (κ3) is 1.14. The van der Waals surface area contributed by atoms with Gasteiger partial charge in [0.1, 0.15) is 0 Å². The Bertz CT molecular complexity index is 314. The Labute approximate surface area is 75.8 Å². The van der Waals surface area contributed by atoms with Gasteiger partial charge in [0.15, 0.2) is 0 Å². The number of H-pyrrole nitrogens is 1. The highest BCUT2D eigenvalue weighted by Crippen LogP contribution is 2.53. The number of hydrogen-bond donors (Lipinski definition) is 3. The van der Waals surface area contributed by atoms with E-state index >= 15 is 0 Å². The molecule has 70 valence electrons. The summed E-state index contributed by atoms with van der Waals surface area (Å²) in [6.07, 6.45) is 4.89. The topological polar surface area (TPSA) is 79.1 Å². The molecular weight excluding hydrogens is 168 g/mol. The molecule has 0 aromatic carbocycles. The minimum absolute atomic E-state index is 0.378. The first-order valence-electron chi connectivity index (χ1n) is 4.28. The van der Waals surface area contributed by atoms with Gasteiger partial charge in [-0.3, -0.25) is 4.79 Å². The molecule has 0 amide bonds. The first-order chi connectivity index (χ1) is 6.17. The van der Waals surface area contributed by atoms with E-state index in [4.69, 9.17) is 10.8 Å². The summed E-state index contributed by atoms with van der Waals surface area (Å²) in [5, 5.41) is 8.98. The van der Waals surface area contributed by atoms with Gasteiger partial charge in [-0.25, -0.2) is 0 Å². The Morgan fingerprint density at radius 3 is 2.77 bits per heavy atom. The summed E-state index contributed by atoms with van der Waals surface area (Å²) >= 11 is 0. The average molecular weight is 180 g/mol. The Balaban J connectivity index is 2.23. The van der Waals surface area contributed by atoms with Gasteiger partial charge in [0.05, 0.1) is 5.41 Å². The molecule has 1 aliphatic carbocycles. The van der Waals surface area contributed by atoms with E-state index in [2.05, 4.69) is 4.98 Å². The second-order valence-electron chi connectivity index (χ2n) is 3.58. The van der Waals surface area contributed by atoms with E-state index in [1.165, 1.54) is 0 Å². The molecule has 1 unspecified atom stereocenters. The molecule has 4 nitrogen and oxygen atoms in total. The van der Waals surface area contributed by atoms with Gasteiger partial charge < -0.3 is 15.8 Å². The fourth-order valence-electron chi connectivity index (χ4n) is 1.64. The van der Waals surface area contributed by atoms with Gasteiger partial charge in [0, 0.05) is 18.4 Å². The van der Waals surface area contributed by atoms with Crippen LogP contribution in [0.4, 0.5) is 0 Å². The van der Waals surface area contributed by atoms with Crippen molar-refractivity contribution in [2.24, 2.45) is 11.1 Å². The summed E-state index contributed by atoms with van der Waals surface area (Å²) in [5.74, 6) is -0.777. The molecular formula is C9H12N2O2. The van der Waals surface area contributed by atoms with Crippen molar-refractivity contribution in [2.75, 3.05) is 0 Å². The van der Waals surface area contributed by atoms with Crippen LogP contribution in [0.5, 0.6) is 0 Å². The lowest BCUT2D eigenvalue weighted by Gasteiger charge is -2.17. The van der Waals surface area contributed by atoms with Crippen molar-refractivity contribution in [3.63, 3.8) is 0 Å². The SMILES string of the molecule is NC(c1cc[nH]c1)C1(C(=O)O)CC1. The number of aromatic amines is 1. The molecule has 0 bridgehead atoms. The van der Waals surface area contributed by atoms with Crippen LogP contribution < -0.4 is 5.73 Å². The van der Waals surface area contributed by atoms with Crippen molar-refractivity contribution >= 4 is 5.97 Å². The maximum Gasteiger partial charge on any atom is 0.311 e. The molecule has 1 aromatic heterocycles. The van der Waals surface area contributed by atoms with Gasteiger partial charge in [-0.05, 0) is 24.5 Å². The monoisotopic (exact) mass is 180 g/mol. The van der Waals surface area contributed by atoms with Crippen LogP contribution in [-0.2, 0) is 4.79 Å². The molecule has 2 rings (SSSR count). The first kappa shape index (κ1) is 8.31. The summed E-state index contributed by atoms with van der Waals surface area (Å²) in [6.45, 7) is 0. The first-order valence-corrected chi connectivity index (χ1v) is 4.28. The normalized spacial score (nSPS) is 21.0. The maximum absolute atomic E-state index is 10.9. The molecule has 0 spiro atoms. The third-order valence-corrected chi connectivity index (χ3v) is 2.79. The molecule has 1 fully saturated rings. The summed E-state index contributed by atoms with van der Waals surface area (Å²) in [4.78, 5) is 13.8. The lowest BCUT2D eigenvalue weighted by atomic mass is 9.93. The van der Waals surface area contributed by atoms with E-state index in [9.17, 15) is 4.79 Å². The zero-order valence-electron chi connectivity index (χ0n) is 7.16. The van der Waals surface area contributed by atoms with Gasteiger partial charge in [0.2, 0.25) is 0 Å². The minimum Gasteiger partial charge on any atom is -0.481 e. The predicted molar refractivity (Wildman–Crippen MR) is 47.0 cm³/mol. The van der Waals surface area contributed by atoms with Crippen LogP contribution in [0.1, 0.15) is 24.4 Å². The van der Waals surface area contributed by atoms with Gasteiger partial charge in [-0.15, -0.1) is 0 Å². The summed E-state index contributed by atoms with van der Waals surface area (Å²) < 4.78 is 0. The van der Waals surface area contributed by atoms with E-state index in [1.807, 2.05) is 6.07 Å². The number of aliphatic carboxylic acids is 1. The number of carbonyl (C=O) groups is 1. The molecule has 1 heterocycles. The smallest absolute Gasteiger partial charge is 0.311 e. The van der Waals surface area contributed by atoms with E-state index in [-0.39, 0.29) is 6.04 Å². The molecule has 0 radical (unpaired) electrons. The summed E-state index contributed by atoms with van der Waals surface area (Å²) in [7, 11) is 0. The van der Waals surface area contributed by atoms with E-state index < -0.39 is 11.4 Å². The second kappa shape index (κ2) is 2.60. The second-order valence-corrected chi connectivity index (χ2v) is 3.58. The molecule has 0 saturated heterocycles. The molecule has 1 atom stereocenters. The Kier molecular flexibility index (Phi) is 1.66. The zero-order valence-corrected chi connectivity index (χ0v) is 7.16. The van der Waals surface area contributed by atoms with E-state index in [1.54, 1.807) is 12.4 Å². The number of rotatable bonds is 3. The van der Waals surface area contributed by atoms with Crippen molar-refractivity contribution in [3.05, 3.63) is 24.0 Å². The van der Waals surface area contributed by atoms with E-state index in [0.717, 1.165) is 5.56 Å². The Morgan fingerprint density at radius 1 is 1.69 bits per heavy atom. The highest BCUT2D eigenvalue weighted by atomic mass is 16.4. The van der Waals surface area contributed by atoms with Gasteiger partial charge in [-0.1, -0.05) is 0 Å². The largest absolute Gasteiger partial charge is 0.481 e. The summed E-state index contributed by atoms with van der Waals surface area (Å²) in [5.41, 5.74) is 6.06. The summed E-state index contributed by atoms with van der Waals surface area (Å²) in [6, 6.07) is 1.45. The van der Waals surface area contributed by atoms with Crippen LogP contribution in [0.3, 0.4) is 0 Å². The molecule has 1 saturated carbocycles. The van der Waals surface area contributed by atoms with Gasteiger partial charge >= 0.3 is 5.97 Å². The fraction of sp³-hybridized carbons (Fsp3) is 0.444. The van der Waals surface area contributed by atoms with Crippen LogP contribution in [0.2, 0.25) is 0 Å². The van der Waals surface area contributed by atoms with Crippen LogP contribution in [0.25, 0.3) is 0 Å². The quantitative estimate of drug-likeness (QED) is 0.646. The van der Waals surface area contributed by atoms with Crippen LogP contribution in [0.15, 0.2) is 18.5 Å². The highest BCUT2D eigenvalue weighted by Gasteiger charge is 2.55. The molecule has 4 N–H and O–H groups in total. The zero-order chi connectivity index (χ0) is 9.47. The van der Waals surface area contributed by atoms with Crippen molar-refractivity contribution < 1.29 is 9.90 Å². The van der Waals surface area contributed by atoms with E-state index in [0.29, 0.717) is 12.8 Å². The van der Waals surface area contributed by atoms with Crippen molar-refractivity contribution in [1.82, 2.24) is 4.98 Å². The van der Waals surface area contributed by atoms with Crippen molar-refractivity contribution in [1.29, 1.82) is 0 Å². The number of carboxylic acids is 1. The lowest BCUT2D eigenvalue weighted by Crippen LogP contribution is -2.29. The average Bonchev–Trinajstić information content (AvgIpc) is 2.74. The molecule has 0 aliphatic heterocycles. The Hall–Kier alpha value is -1.29. The maximum atomic E-state index is 10.9. The molecule has 4 heteroatoms. The third-order valence-electron chi connectivity index (χ3n) is 2.79. The van der Waals surface area contributed by atoms with Crippen LogP contribution in [0, 0.1) is 5.41 Å². The van der Waals surface area contributed by atoms with Crippen molar-refractivity contribution in [2.45, 2.75) is 18.9 Å². The molecule has 1 aromatic rings. The minimum atomic E-state index is -0.777. The molecule has 13 heavy (non-hydrogen) atoms. The van der Waals surface area contributed by atoms with Gasteiger partial charge in [0.25, 0.3) is 0 Å². The number of aromatic nitrogens is 1. The number of carboxylic acid groups (broad SMARTS) is 1. The number of nitrogens with two attached hydrogens (primary N) is 1. The molecule has 1 aliphatic rings. The van der Waals surface area contributed by atoms with Crippen LogP contribution >= 0.6 is 0 Å². The van der Waals surface area contributed by atoms with Gasteiger partial charge in [-0.2, -0.15) is 0 Å². The number of nitrogens with one attached hydrogen (secondary N) is 1. The number of hydrogen-bond acceptors (Lipinski definition) is 2. The van der Waals surface area contributed by atoms with Crippen LogP contribution in [-0.4, -0.2) is 16.1 Å². The Morgan fingerprint density at radius 2 is 2.38 bits per heavy atom.